The predicted octanol–water partition coefficient (Wildman–Crippen LogP) is 0.779. The number of nitrogens with zero attached hydrogens (tertiary/aromatic N) is 2. The van der Waals surface area contributed by atoms with Crippen molar-refractivity contribution in [2.45, 2.75) is 19.4 Å². The summed E-state index contributed by atoms with van der Waals surface area (Å²) in [6.07, 6.45) is 0. The highest BCUT2D eigenvalue weighted by Crippen LogP contribution is 2.18. The zero-order valence-corrected chi connectivity index (χ0v) is 6.33. The lowest BCUT2D eigenvalue weighted by molar-refractivity contribution is -0.0509. The molecule has 1 saturated heterocycles. The molecule has 0 aromatic rings. The van der Waals surface area contributed by atoms with Gasteiger partial charge in [0.1, 0.15) is 0 Å². The fraction of sp³-hybridized carbons (Fsp3) is 1.00. The van der Waals surface area contributed by atoms with Gasteiger partial charge < -0.3 is 4.74 Å². The Morgan fingerprint density at radius 1 is 1.60 bits per heavy atom. The molecule has 4 nitrogen and oxygen atoms in total. The molecule has 1 aliphatic rings. The topological polar surface area (TPSA) is 41.9 Å². The van der Waals surface area contributed by atoms with E-state index >= 15 is 0 Å². The Balaban J connectivity index is 2.59. The standard InChI is InChI=1S/C6H12N2O2/c1-6(2)5-10-4-3-8(6)7-9/h3-5H2,1-2H3. The average molecular weight is 144 g/mol. The van der Waals surface area contributed by atoms with Crippen LogP contribution in [0.25, 0.3) is 0 Å². The van der Waals surface area contributed by atoms with Crippen molar-refractivity contribution >= 4 is 0 Å². The van der Waals surface area contributed by atoms with Crippen molar-refractivity contribution < 1.29 is 4.74 Å². The Bertz CT molecular complexity index is 136. The van der Waals surface area contributed by atoms with Gasteiger partial charge in [0, 0.05) is 0 Å². The van der Waals surface area contributed by atoms with Crippen LogP contribution in [-0.4, -0.2) is 30.3 Å². The van der Waals surface area contributed by atoms with Gasteiger partial charge in [0.05, 0.1) is 30.6 Å². The zero-order chi connectivity index (χ0) is 7.61. The molecule has 1 aliphatic heterocycles. The van der Waals surface area contributed by atoms with E-state index in [0.717, 1.165) is 0 Å². The SMILES string of the molecule is CC1(C)COCCN1N=O. The second-order valence-electron chi connectivity index (χ2n) is 3.07. The maximum absolute atomic E-state index is 10.2. The third-order valence-corrected chi connectivity index (χ3v) is 1.70. The molecule has 0 radical (unpaired) electrons. The van der Waals surface area contributed by atoms with Gasteiger partial charge in [-0.3, -0.25) is 5.01 Å². The van der Waals surface area contributed by atoms with Gasteiger partial charge in [-0.25, -0.2) is 0 Å². The van der Waals surface area contributed by atoms with Crippen LogP contribution in [0.4, 0.5) is 0 Å². The van der Waals surface area contributed by atoms with E-state index in [2.05, 4.69) is 5.29 Å². The minimum absolute atomic E-state index is 0.222. The smallest absolute Gasteiger partial charge is 0.0788 e. The van der Waals surface area contributed by atoms with Gasteiger partial charge in [-0.1, -0.05) is 0 Å². The maximum Gasteiger partial charge on any atom is 0.0788 e. The van der Waals surface area contributed by atoms with Crippen LogP contribution >= 0.6 is 0 Å². The highest BCUT2D eigenvalue weighted by atomic mass is 16.5. The summed E-state index contributed by atoms with van der Waals surface area (Å²) in [5.41, 5.74) is -0.222. The number of rotatable bonds is 1. The molecule has 1 heterocycles. The highest BCUT2D eigenvalue weighted by molar-refractivity contribution is 4.81. The molecule has 10 heavy (non-hydrogen) atoms. The lowest BCUT2D eigenvalue weighted by Crippen LogP contribution is -2.49. The molecule has 0 unspecified atom stereocenters. The molecule has 0 aromatic carbocycles. The summed E-state index contributed by atoms with van der Waals surface area (Å²) in [6.45, 7) is 5.67. The molecule has 58 valence electrons. The number of nitroso groups, excluding NO2 is 1. The van der Waals surface area contributed by atoms with Crippen molar-refractivity contribution in [2.24, 2.45) is 5.29 Å². The molecule has 0 bridgehead atoms. The second kappa shape index (κ2) is 2.54. The molecule has 1 rings (SSSR count). The molecule has 0 N–H and O–H groups in total. The lowest BCUT2D eigenvalue weighted by atomic mass is 10.1. The molecule has 4 heteroatoms. The summed E-state index contributed by atoms with van der Waals surface area (Å²) in [5, 5.41) is 4.43. The first kappa shape index (κ1) is 7.47. The van der Waals surface area contributed by atoms with Crippen molar-refractivity contribution in [2.75, 3.05) is 19.8 Å². The van der Waals surface area contributed by atoms with Gasteiger partial charge in [-0.2, -0.15) is 0 Å². The molecule has 1 fully saturated rings. The second-order valence-corrected chi connectivity index (χ2v) is 3.07. The van der Waals surface area contributed by atoms with Crippen LogP contribution in [0.2, 0.25) is 0 Å². The first-order chi connectivity index (χ1) is 4.67. The van der Waals surface area contributed by atoms with E-state index in [9.17, 15) is 4.91 Å². The fourth-order valence-corrected chi connectivity index (χ4v) is 1.00. The number of hydrogen-bond acceptors (Lipinski definition) is 3. The summed E-state index contributed by atoms with van der Waals surface area (Å²) in [4.78, 5) is 10.2. The van der Waals surface area contributed by atoms with Gasteiger partial charge in [-0.05, 0) is 13.8 Å². The van der Waals surface area contributed by atoms with E-state index in [0.29, 0.717) is 19.8 Å². The van der Waals surface area contributed by atoms with Crippen molar-refractivity contribution in [1.29, 1.82) is 0 Å². The van der Waals surface area contributed by atoms with Crippen LogP contribution in [0.5, 0.6) is 0 Å². The first-order valence-corrected chi connectivity index (χ1v) is 3.35. The zero-order valence-electron chi connectivity index (χ0n) is 6.33. The molecule has 0 amide bonds. The molecule has 0 saturated carbocycles. The van der Waals surface area contributed by atoms with Gasteiger partial charge in [0.25, 0.3) is 0 Å². The Morgan fingerprint density at radius 2 is 2.30 bits per heavy atom. The molecule has 0 spiro atoms. The van der Waals surface area contributed by atoms with Gasteiger partial charge in [0.2, 0.25) is 0 Å². The van der Waals surface area contributed by atoms with E-state index in [1.165, 1.54) is 5.01 Å². The quantitative estimate of drug-likeness (QED) is 0.511. The third-order valence-electron chi connectivity index (χ3n) is 1.70. The fourth-order valence-electron chi connectivity index (χ4n) is 1.00. The first-order valence-electron chi connectivity index (χ1n) is 3.35. The summed E-state index contributed by atoms with van der Waals surface area (Å²) >= 11 is 0. The van der Waals surface area contributed by atoms with Gasteiger partial charge in [-0.15, -0.1) is 4.91 Å². The van der Waals surface area contributed by atoms with E-state index in [-0.39, 0.29) is 5.54 Å². The monoisotopic (exact) mass is 144 g/mol. The van der Waals surface area contributed by atoms with Crippen LogP contribution in [0, 0.1) is 4.91 Å². The molecule has 0 atom stereocenters. The molecular weight excluding hydrogens is 132 g/mol. The van der Waals surface area contributed by atoms with Crippen molar-refractivity contribution in [3.8, 4) is 0 Å². The molecule has 0 aliphatic carbocycles. The van der Waals surface area contributed by atoms with Gasteiger partial charge in [0.15, 0.2) is 0 Å². The minimum atomic E-state index is -0.222. The van der Waals surface area contributed by atoms with Gasteiger partial charge >= 0.3 is 0 Å². The summed E-state index contributed by atoms with van der Waals surface area (Å²) < 4.78 is 5.18. The maximum atomic E-state index is 10.2. The van der Waals surface area contributed by atoms with Crippen molar-refractivity contribution in [1.82, 2.24) is 5.01 Å². The summed E-state index contributed by atoms with van der Waals surface area (Å²) in [6, 6.07) is 0. The Morgan fingerprint density at radius 3 is 2.70 bits per heavy atom. The Labute approximate surface area is 60.1 Å². The third kappa shape index (κ3) is 1.26. The van der Waals surface area contributed by atoms with Crippen LogP contribution in [0.15, 0.2) is 5.29 Å². The molecular formula is C6H12N2O2. The number of morpholine rings is 1. The average Bonchev–Trinajstić information content (AvgIpc) is 1.87. The normalized spacial score (nSPS) is 24.4. The van der Waals surface area contributed by atoms with Crippen molar-refractivity contribution in [3.05, 3.63) is 4.91 Å². The van der Waals surface area contributed by atoms with E-state index < -0.39 is 0 Å². The predicted molar refractivity (Wildman–Crippen MR) is 37.4 cm³/mol. The Hall–Kier alpha value is -0.640. The number of hydrogen-bond donors (Lipinski definition) is 0. The highest BCUT2D eigenvalue weighted by Gasteiger charge is 2.30. The number of ether oxygens (including phenoxy) is 1. The summed E-state index contributed by atoms with van der Waals surface area (Å²) in [5.74, 6) is 0. The van der Waals surface area contributed by atoms with Crippen LogP contribution < -0.4 is 0 Å². The minimum Gasteiger partial charge on any atom is -0.377 e. The summed E-state index contributed by atoms with van der Waals surface area (Å²) in [7, 11) is 0. The Kier molecular flexibility index (Phi) is 1.89. The van der Waals surface area contributed by atoms with Crippen molar-refractivity contribution in [3.63, 3.8) is 0 Å². The molecule has 0 aromatic heterocycles. The van der Waals surface area contributed by atoms with E-state index in [1.54, 1.807) is 0 Å². The van der Waals surface area contributed by atoms with Crippen LogP contribution in [-0.2, 0) is 4.74 Å². The van der Waals surface area contributed by atoms with Crippen LogP contribution in [0.3, 0.4) is 0 Å². The lowest BCUT2D eigenvalue weighted by Gasteiger charge is -2.37. The van der Waals surface area contributed by atoms with E-state index in [4.69, 9.17) is 4.74 Å². The largest absolute Gasteiger partial charge is 0.377 e. The van der Waals surface area contributed by atoms with Crippen LogP contribution in [0.1, 0.15) is 13.8 Å². The van der Waals surface area contributed by atoms with E-state index in [1.807, 2.05) is 13.8 Å².